The van der Waals surface area contributed by atoms with Gasteiger partial charge in [0.2, 0.25) is 0 Å². The van der Waals surface area contributed by atoms with Gasteiger partial charge in [0.05, 0.1) is 0 Å². The fourth-order valence-electron chi connectivity index (χ4n) is 0.754. The zero-order valence-electron chi connectivity index (χ0n) is 5.18. The molecule has 0 unspecified atom stereocenters. The molecule has 0 saturated heterocycles. The first kappa shape index (κ1) is 6.34. The number of hydrogen-bond acceptors (Lipinski definition) is 0. The summed E-state index contributed by atoms with van der Waals surface area (Å²) in [5.74, 6) is 0. The summed E-state index contributed by atoms with van der Waals surface area (Å²) in [6.45, 7) is 0. The molecule has 2 heteroatoms. The van der Waals surface area contributed by atoms with Gasteiger partial charge in [0, 0.05) is 0 Å². The molecule has 0 amide bonds. The van der Waals surface area contributed by atoms with Crippen LogP contribution in [-0.4, -0.2) is 7.56 Å². The highest BCUT2D eigenvalue weighted by molar-refractivity contribution is 6.25. The number of benzene rings is 1. The van der Waals surface area contributed by atoms with Gasteiger partial charge in [-0.1, -0.05) is 35.9 Å². The van der Waals surface area contributed by atoms with Crippen LogP contribution in [0.3, 0.4) is 0 Å². The monoisotopic (exact) mass is 122 g/mol. The van der Waals surface area contributed by atoms with Crippen LogP contribution in [0.5, 0.6) is 0 Å². The Labute approximate surface area is 55.0 Å². The highest BCUT2D eigenvalue weighted by Crippen LogP contribution is 1.97. The first-order valence-electron chi connectivity index (χ1n) is 3.03. The number of rotatable bonds is 2. The second kappa shape index (κ2) is 3.28. The lowest BCUT2D eigenvalue weighted by molar-refractivity contribution is 0.859. The summed E-state index contributed by atoms with van der Waals surface area (Å²) >= 11 is 0. The van der Waals surface area contributed by atoms with Crippen LogP contribution < -0.4 is 0 Å². The van der Waals surface area contributed by atoms with Crippen molar-refractivity contribution in [2.75, 3.05) is 0 Å². The maximum absolute atomic E-state index is 11.7. The summed E-state index contributed by atoms with van der Waals surface area (Å²) < 4.78 is 11.7. The van der Waals surface area contributed by atoms with Crippen molar-refractivity contribution in [3.63, 3.8) is 0 Å². The summed E-state index contributed by atoms with van der Waals surface area (Å²) in [6.07, 6.45) is 0.542. The summed E-state index contributed by atoms with van der Waals surface area (Å²) in [5, 5.41) is 0. The fourth-order valence-corrected chi connectivity index (χ4v) is 0.754. The van der Waals surface area contributed by atoms with Gasteiger partial charge >= 0.3 is 7.56 Å². The molecule has 1 aromatic carbocycles. The van der Waals surface area contributed by atoms with Gasteiger partial charge in [-0.25, -0.2) is 0 Å². The molecule has 0 heterocycles. The van der Waals surface area contributed by atoms with E-state index in [-0.39, 0.29) is 7.56 Å². The molecule has 0 saturated carbocycles. The molecule has 0 spiro atoms. The molecule has 46 valence electrons. The maximum Gasteiger partial charge on any atom is 0.335 e. The minimum Gasteiger partial charge on any atom is -0.341 e. The highest BCUT2D eigenvalue weighted by atomic mass is 19.1. The van der Waals surface area contributed by atoms with Crippen molar-refractivity contribution in [2.45, 2.75) is 6.32 Å². The van der Waals surface area contributed by atoms with E-state index in [1.165, 1.54) is 0 Å². The largest absolute Gasteiger partial charge is 0.341 e. The molecule has 1 aromatic rings. The van der Waals surface area contributed by atoms with Crippen molar-refractivity contribution in [1.29, 1.82) is 0 Å². The first-order valence-corrected chi connectivity index (χ1v) is 3.03. The van der Waals surface area contributed by atoms with Crippen LogP contribution in [0.4, 0.5) is 4.32 Å². The second-order valence-electron chi connectivity index (χ2n) is 1.92. The SMILES string of the molecule is FBCc1ccccc1. The Balaban J connectivity index is 2.61. The molecule has 0 N–H and O–H groups in total. The number of halogens is 1. The van der Waals surface area contributed by atoms with Gasteiger partial charge in [-0.15, -0.1) is 0 Å². The standard InChI is InChI=1S/C7H8BF/c9-8-6-7-4-2-1-3-5-7/h1-5,8H,6H2. The average Bonchev–Trinajstić information content (AvgIpc) is 1.91. The van der Waals surface area contributed by atoms with Crippen molar-refractivity contribution in [3.05, 3.63) is 35.9 Å². The molecule has 0 aliphatic heterocycles. The van der Waals surface area contributed by atoms with Gasteiger partial charge in [-0.3, -0.25) is 0 Å². The Bertz CT molecular complexity index is 162. The molecule has 0 fully saturated rings. The van der Waals surface area contributed by atoms with Crippen LogP contribution in [-0.2, 0) is 6.32 Å². The quantitative estimate of drug-likeness (QED) is 0.521. The molecule has 0 nitrogen and oxygen atoms in total. The second-order valence-corrected chi connectivity index (χ2v) is 1.92. The molecular formula is C7H8BF. The molecule has 0 aliphatic carbocycles. The minimum absolute atomic E-state index is 0.260. The molecule has 0 atom stereocenters. The van der Waals surface area contributed by atoms with Crippen LogP contribution >= 0.6 is 0 Å². The van der Waals surface area contributed by atoms with Gasteiger partial charge in [0.25, 0.3) is 0 Å². The molecule has 0 aliphatic rings. The van der Waals surface area contributed by atoms with Crippen molar-refractivity contribution in [3.8, 4) is 0 Å². The predicted octanol–water partition coefficient (Wildman–Crippen LogP) is 1.51. The summed E-state index contributed by atoms with van der Waals surface area (Å²) in [6, 6.07) is 9.64. The molecule has 0 aromatic heterocycles. The third-order valence-electron chi connectivity index (χ3n) is 1.23. The topological polar surface area (TPSA) is 0 Å². The van der Waals surface area contributed by atoms with E-state index >= 15 is 0 Å². The average molecular weight is 122 g/mol. The van der Waals surface area contributed by atoms with Crippen LogP contribution in [0.2, 0.25) is 0 Å². The zero-order chi connectivity index (χ0) is 6.53. The van der Waals surface area contributed by atoms with Gasteiger partial charge < -0.3 is 4.32 Å². The molecule has 9 heavy (non-hydrogen) atoms. The third kappa shape index (κ3) is 1.88. The Morgan fingerprint density at radius 1 is 1.22 bits per heavy atom. The van der Waals surface area contributed by atoms with E-state index in [4.69, 9.17) is 0 Å². The van der Waals surface area contributed by atoms with Crippen molar-refractivity contribution < 1.29 is 4.32 Å². The van der Waals surface area contributed by atoms with Crippen molar-refractivity contribution in [2.24, 2.45) is 0 Å². The third-order valence-corrected chi connectivity index (χ3v) is 1.23. The first-order chi connectivity index (χ1) is 4.43. The molecule has 0 radical (unpaired) electrons. The van der Waals surface area contributed by atoms with Gasteiger partial charge in [-0.2, -0.15) is 0 Å². The van der Waals surface area contributed by atoms with Crippen LogP contribution in [0.25, 0.3) is 0 Å². The molecule has 0 bridgehead atoms. The predicted molar refractivity (Wildman–Crippen MR) is 38.4 cm³/mol. The normalized spacial score (nSPS) is 9.00. The lowest BCUT2D eigenvalue weighted by Gasteiger charge is -1.91. The Morgan fingerprint density at radius 2 is 1.89 bits per heavy atom. The van der Waals surface area contributed by atoms with Crippen LogP contribution in [0.1, 0.15) is 5.56 Å². The lowest BCUT2D eigenvalue weighted by atomic mass is 9.93. The fraction of sp³-hybridized carbons (Fsp3) is 0.143. The molecular weight excluding hydrogens is 114 g/mol. The van der Waals surface area contributed by atoms with Crippen molar-refractivity contribution in [1.82, 2.24) is 0 Å². The summed E-state index contributed by atoms with van der Waals surface area (Å²) in [7, 11) is -0.260. The number of hydrogen-bond donors (Lipinski definition) is 0. The molecule has 1 rings (SSSR count). The van der Waals surface area contributed by atoms with E-state index in [2.05, 4.69) is 0 Å². The Hall–Kier alpha value is -0.785. The summed E-state index contributed by atoms with van der Waals surface area (Å²) in [4.78, 5) is 0. The van der Waals surface area contributed by atoms with E-state index in [1.807, 2.05) is 30.3 Å². The highest BCUT2D eigenvalue weighted by Gasteiger charge is 1.89. The van der Waals surface area contributed by atoms with E-state index in [0.29, 0.717) is 6.32 Å². The van der Waals surface area contributed by atoms with Gasteiger partial charge in [0.15, 0.2) is 0 Å². The maximum atomic E-state index is 11.7. The van der Waals surface area contributed by atoms with Crippen LogP contribution in [0.15, 0.2) is 30.3 Å². The van der Waals surface area contributed by atoms with Gasteiger partial charge in [0.1, 0.15) is 0 Å². The Kier molecular flexibility index (Phi) is 2.31. The Morgan fingerprint density at radius 3 is 2.44 bits per heavy atom. The van der Waals surface area contributed by atoms with E-state index in [9.17, 15) is 4.32 Å². The smallest absolute Gasteiger partial charge is 0.335 e. The summed E-state index contributed by atoms with van der Waals surface area (Å²) in [5.41, 5.74) is 1.07. The van der Waals surface area contributed by atoms with Crippen molar-refractivity contribution >= 4 is 7.56 Å². The lowest BCUT2D eigenvalue weighted by Crippen LogP contribution is -1.87. The van der Waals surface area contributed by atoms with E-state index in [0.717, 1.165) is 5.56 Å². The van der Waals surface area contributed by atoms with E-state index in [1.54, 1.807) is 0 Å². The van der Waals surface area contributed by atoms with E-state index < -0.39 is 0 Å². The minimum atomic E-state index is -0.260. The van der Waals surface area contributed by atoms with Gasteiger partial charge in [-0.05, 0) is 6.32 Å². The zero-order valence-corrected chi connectivity index (χ0v) is 5.18. The van der Waals surface area contributed by atoms with Crippen LogP contribution in [0, 0.1) is 0 Å².